The van der Waals surface area contributed by atoms with Gasteiger partial charge < -0.3 is 20.5 Å². The van der Waals surface area contributed by atoms with Crippen LogP contribution in [0.25, 0.3) is 0 Å². The molecule has 28 heavy (non-hydrogen) atoms. The lowest BCUT2D eigenvalue weighted by molar-refractivity contribution is -0.199. The summed E-state index contributed by atoms with van der Waals surface area (Å²) in [5, 5.41) is 15.6. The van der Waals surface area contributed by atoms with Crippen molar-refractivity contribution < 1.29 is 27.8 Å². The molecule has 1 unspecified atom stereocenters. The highest BCUT2D eigenvalue weighted by Crippen LogP contribution is 2.30. The van der Waals surface area contributed by atoms with Gasteiger partial charge in [-0.25, -0.2) is 4.39 Å². The zero-order chi connectivity index (χ0) is 20.9. The molecule has 0 aliphatic carbocycles. The summed E-state index contributed by atoms with van der Waals surface area (Å²) in [6.45, 7) is 6.14. The molecular weight excluding hydrogens is 397 g/mol. The molecule has 2 aromatic carbocycles. The summed E-state index contributed by atoms with van der Waals surface area (Å²) in [4.78, 5) is 12.3. The second-order valence-electron chi connectivity index (χ2n) is 5.99. The van der Waals surface area contributed by atoms with Crippen LogP contribution in [-0.2, 0) is 0 Å². The zero-order valence-corrected chi connectivity index (χ0v) is 15.6. The van der Waals surface area contributed by atoms with Gasteiger partial charge in [0.05, 0.1) is 5.69 Å². The number of hydrogen-bond acceptors (Lipinski definition) is 4. The molecule has 9 heteroatoms. The molecule has 3 N–H and O–H groups in total. The van der Waals surface area contributed by atoms with Crippen molar-refractivity contribution in [2.75, 3.05) is 17.2 Å². The Bertz CT molecular complexity index is 858. The third-order valence-electron chi connectivity index (χ3n) is 3.46. The number of benzene rings is 2. The number of nitrogens with one attached hydrogen (secondary N) is 2. The Morgan fingerprint density at radius 2 is 1.93 bits per heavy atom. The Kier molecular flexibility index (Phi) is 6.80. The molecule has 1 amide bonds. The predicted octanol–water partition coefficient (Wildman–Crippen LogP) is 5.14. The third kappa shape index (κ3) is 5.82. The van der Waals surface area contributed by atoms with Gasteiger partial charge in [0, 0.05) is 23.9 Å². The number of anilines is 2. The zero-order valence-electron chi connectivity index (χ0n) is 14.8. The summed E-state index contributed by atoms with van der Waals surface area (Å²) < 4.78 is 42.9. The number of carbonyl (C=O) groups excluding carboxylic acids is 1. The number of phenolic OH excluding ortho intramolecular Hbond substituents is 1. The van der Waals surface area contributed by atoms with Gasteiger partial charge in [-0.05, 0) is 43.3 Å². The lowest BCUT2D eigenvalue weighted by Gasteiger charge is -2.17. The largest absolute Gasteiger partial charge is 0.506 e. The van der Waals surface area contributed by atoms with Crippen molar-refractivity contribution in [2.24, 2.45) is 0 Å². The highest BCUT2D eigenvalue weighted by molar-refractivity contribution is 6.20. The van der Waals surface area contributed by atoms with E-state index in [2.05, 4.69) is 21.9 Å². The van der Waals surface area contributed by atoms with Crippen LogP contribution in [0.4, 0.5) is 24.5 Å². The van der Waals surface area contributed by atoms with E-state index < -0.39 is 17.6 Å². The highest BCUT2D eigenvalue weighted by atomic mass is 35.5. The first-order valence-corrected chi connectivity index (χ1v) is 8.50. The van der Waals surface area contributed by atoms with E-state index in [-0.39, 0.29) is 22.7 Å². The molecule has 0 bridgehead atoms. The number of amides is 1. The number of phenols is 1. The number of aromatic hydroxyl groups is 1. The van der Waals surface area contributed by atoms with Crippen molar-refractivity contribution in [1.29, 1.82) is 0 Å². The molecule has 0 aliphatic rings. The van der Waals surface area contributed by atoms with Gasteiger partial charge in [-0.2, -0.15) is 8.78 Å². The maximum atomic E-state index is 13.1. The lowest BCUT2D eigenvalue weighted by atomic mass is 10.2. The summed E-state index contributed by atoms with van der Waals surface area (Å²) in [6.07, 6.45) is -4.20. The minimum Gasteiger partial charge on any atom is -0.506 e. The average molecular weight is 415 g/mol. The van der Waals surface area contributed by atoms with Crippen LogP contribution < -0.4 is 15.4 Å². The summed E-state index contributed by atoms with van der Waals surface area (Å²) in [7, 11) is 0. The molecule has 0 spiro atoms. The molecule has 0 saturated carbocycles. The third-order valence-corrected chi connectivity index (χ3v) is 3.72. The minimum atomic E-state index is -4.20. The molecule has 5 nitrogen and oxygen atoms in total. The number of rotatable bonds is 8. The van der Waals surface area contributed by atoms with Crippen LogP contribution in [0.2, 0.25) is 0 Å². The predicted molar refractivity (Wildman–Crippen MR) is 102 cm³/mol. The Morgan fingerprint density at radius 3 is 2.46 bits per heavy atom. The molecule has 0 aromatic heterocycles. The molecule has 0 fully saturated rings. The van der Waals surface area contributed by atoms with Gasteiger partial charge in [-0.15, -0.1) is 0 Å². The van der Waals surface area contributed by atoms with E-state index in [0.717, 1.165) is 17.7 Å². The Balaban J connectivity index is 2.04. The van der Waals surface area contributed by atoms with Crippen molar-refractivity contribution in [1.82, 2.24) is 0 Å². The van der Waals surface area contributed by atoms with Crippen molar-refractivity contribution in [3.63, 3.8) is 0 Å². The van der Waals surface area contributed by atoms with E-state index in [9.17, 15) is 23.1 Å². The van der Waals surface area contributed by atoms with Crippen molar-refractivity contribution in [2.45, 2.75) is 18.7 Å². The van der Waals surface area contributed by atoms with Crippen molar-refractivity contribution in [3.8, 4) is 11.5 Å². The van der Waals surface area contributed by atoms with E-state index in [1.165, 1.54) is 24.3 Å². The van der Waals surface area contributed by atoms with Gasteiger partial charge in [0.2, 0.25) is 0 Å². The number of ether oxygens (including phenoxy) is 1. The van der Waals surface area contributed by atoms with Crippen LogP contribution in [0.5, 0.6) is 11.5 Å². The molecule has 0 aliphatic heterocycles. The van der Waals surface area contributed by atoms with Gasteiger partial charge in [-0.1, -0.05) is 23.8 Å². The van der Waals surface area contributed by atoms with E-state index in [0.29, 0.717) is 12.2 Å². The van der Waals surface area contributed by atoms with Crippen LogP contribution in [0.15, 0.2) is 54.6 Å². The first-order valence-electron chi connectivity index (χ1n) is 8.06. The van der Waals surface area contributed by atoms with Crippen LogP contribution in [-0.4, -0.2) is 29.3 Å². The van der Waals surface area contributed by atoms with E-state index in [1.54, 1.807) is 6.07 Å². The summed E-state index contributed by atoms with van der Waals surface area (Å²) in [5.41, 5.74) is -1.17. The van der Waals surface area contributed by atoms with Gasteiger partial charge in [0.25, 0.3) is 11.5 Å². The second-order valence-corrected chi connectivity index (χ2v) is 6.37. The van der Waals surface area contributed by atoms with Crippen molar-refractivity contribution >= 4 is 28.9 Å². The SMILES string of the molecule is C=C(C)CNc1ccc(NC(=O)c2ccc(OC(F)(F)C(F)Cl)cc2)c(O)c1. The van der Waals surface area contributed by atoms with E-state index >= 15 is 0 Å². The topological polar surface area (TPSA) is 70.6 Å². The van der Waals surface area contributed by atoms with Crippen LogP contribution in [0.3, 0.4) is 0 Å². The fourth-order valence-corrected chi connectivity index (χ4v) is 2.12. The van der Waals surface area contributed by atoms with Crippen LogP contribution in [0.1, 0.15) is 17.3 Å². The van der Waals surface area contributed by atoms with E-state index in [4.69, 9.17) is 11.6 Å². The number of alkyl halides is 4. The Labute approximate surface area is 164 Å². The standard InChI is InChI=1S/C19H18ClF3N2O3/c1-11(2)10-24-13-5-8-15(16(26)9-13)25-17(27)12-3-6-14(7-4-12)28-19(22,23)18(20)21/h3-9,18,24,26H,1,10H2,2H3,(H,25,27). The number of hydrogen-bond donors (Lipinski definition) is 3. The maximum absolute atomic E-state index is 13.1. The van der Waals surface area contributed by atoms with Gasteiger partial charge >= 0.3 is 6.11 Å². The monoisotopic (exact) mass is 414 g/mol. The summed E-state index contributed by atoms with van der Waals surface area (Å²) in [6, 6.07) is 9.19. The summed E-state index contributed by atoms with van der Waals surface area (Å²) in [5.74, 6) is -1.10. The van der Waals surface area contributed by atoms with Crippen molar-refractivity contribution in [3.05, 3.63) is 60.2 Å². The molecular formula is C19H18ClF3N2O3. The smallest absolute Gasteiger partial charge is 0.444 e. The molecule has 1 atom stereocenters. The Morgan fingerprint density at radius 1 is 1.29 bits per heavy atom. The second kappa shape index (κ2) is 8.88. The van der Waals surface area contributed by atoms with Gasteiger partial charge in [0.15, 0.2) is 0 Å². The highest BCUT2D eigenvalue weighted by Gasteiger charge is 2.42. The number of carbonyl (C=O) groups is 1. The van der Waals surface area contributed by atoms with Crippen LogP contribution >= 0.6 is 11.6 Å². The molecule has 2 aromatic rings. The lowest BCUT2D eigenvalue weighted by Crippen LogP contribution is -2.32. The molecule has 0 heterocycles. The minimum absolute atomic E-state index is 0.113. The van der Waals surface area contributed by atoms with Crippen LogP contribution in [0, 0.1) is 0 Å². The maximum Gasteiger partial charge on any atom is 0.444 e. The first kappa shape index (κ1) is 21.4. The average Bonchev–Trinajstić information content (AvgIpc) is 2.62. The normalized spacial score (nSPS) is 12.2. The quantitative estimate of drug-likeness (QED) is 0.318. The molecule has 0 radical (unpaired) electrons. The molecule has 2 rings (SSSR count). The summed E-state index contributed by atoms with van der Waals surface area (Å²) >= 11 is 4.71. The Hall–Kier alpha value is -2.87. The molecule has 0 saturated heterocycles. The fraction of sp³-hybridized carbons (Fsp3) is 0.211. The van der Waals surface area contributed by atoms with Gasteiger partial charge in [-0.3, -0.25) is 4.79 Å². The van der Waals surface area contributed by atoms with Gasteiger partial charge in [0.1, 0.15) is 11.5 Å². The molecule has 150 valence electrons. The number of halogens is 4. The first-order chi connectivity index (χ1) is 13.1. The van der Waals surface area contributed by atoms with E-state index in [1.807, 2.05) is 6.92 Å². The fourth-order valence-electron chi connectivity index (χ4n) is 2.07.